The van der Waals surface area contributed by atoms with Crippen molar-refractivity contribution in [1.82, 2.24) is 14.8 Å². The van der Waals surface area contributed by atoms with E-state index in [1.807, 2.05) is 0 Å². The summed E-state index contributed by atoms with van der Waals surface area (Å²) in [7, 11) is 1.54. The Morgan fingerprint density at radius 2 is 1.93 bits per heavy atom. The number of alkyl halides is 3. The van der Waals surface area contributed by atoms with Crippen LogP contribution >= 0.6 is 0 Å². The summed E-state index contributed by atoms with van der Waals surface area (Å²) in [4.78, 5) is 0. The van der Waals surface area contributed by atoms with Gasteiger partial charge in [0.1, 0.15) is 19.8 Å². The quantitative estimate of drug-likeness (QED) is 0.805. The van der Waals surface area contributed by atoms with Gasteiger partial charge >= 0.3 is 6.18 Å². The fourth-order valence-corrected chi connectivity index (χ4v) is 0.920. The van der Waals surface area contributed by atoms with Gasteiger partial charge in [0.2, 0.25) is 0 Å². The van der Waals surface area contributed by atoms with E-state index in [0.717, 1.165) is 0 Å². The van der Waals surface area contributed by atoms with Gasteiger partial charge in [0.05, 0.1) is 0 Å². The highest BCUT2D eigenvalue weighted by atomic mass is 19.4. The number of aliphatic hydroxyl groups is 1. The third-order valence-electron chi connectivity index (χ3n) is 1.69. The summed E-state index contributed by atoms with van der Waals surface area (Å²) >= 11 is 0. The summed E-state index contributed by atoms with van der Waals surface area (Å²) in [5, 5.41) is 15.9. The van der Waals surface area contributed by atoms with Gasteiger partial charge in [-0.05, 0) is 0 Å². The fraction of sp³-hybridized carbons (Fsp3) is 0.714. The predicted octanol–water partition coefficient (Wildman–Crippen LogP) is 0.386. The molecule has 1 aromatic rings. The number of aromatic nitrogens is 3. The standard InChI is InChI=1S/C7H10F3N3O2/c1-13-5(2-14)11-12-6(13)3-15-4-7(8,9)10/h14H,2-4H2,1H3. The van der Waals surface area contributed by atoms with Crippen LogP contribution in [-0.4, -0.2) is 32.7 Å². The molecule has 0 aliphatic rings. The molecular weight excluding hydrogens is 215 g/mol. The van der Waals surface area contributed by atoms with Crippen LogP contribution in [-0.2, 0) is 25.0 Å². The maximum absolute atomic E-state index is 11.7. The van der Waals surface area contributed by atoms with Gasteiger partial charge < -0.3 is 14.4 Å². The first-order valence-electron chi connectivity index (χ1n) is 4.06. The number of hydrogen-bond acceptors (Lipinski definition) is 4. The molecule has 0 aliphatic heterocycles. The lowest BCUT2D eigenvalue weighted by molar-refractivity contribution is -0.177. The average Bonchev–Trinajstić information content (AvgIpc) is 2.46. The van der Waals surface area contributed by atoms with E-state index in [2.05, 4.69) is 14.9 Å². The second kappa shape index (κ2) is 4.58. The van der Waals surface area contributed by atoms with E-state index in [9.17, 15) is 13.2 Å². The van der Waals surface area contributed by atoms with Crippen molar-refractivity contribution < 1.29 is 23.0 Å². The first-order chi connectivity index (χ1) is 6.94. The van der Waals surface area contributed by atoms with E-state index in [0.29, 0.717) is 0 Å². The van der Waals surface area contributed by atoms with E-state index < -0.39 is 12.8 Å². The molecule has 1 heterocycles. The van der Waals surface area contributed by atoms with E-state index in [1.165, 1.54) is 11.6 Å². The van der Waals surface area contributed by atoms with Gasteiger partial charge in [-0.25, -0.2) is 0 Å². The lowest BCUT2D eigenvalue weighted by Crippen LogP contribution is -2.17. The number of rotatable bonds is 4. The number of aliphatic hydroxyl groups excluding tert-OH is 1. The number of nitrogens with zero attached hydrogens (tertiary/aromatic N) is 3. The van der Waals surface area contributed by atoms with Gasteiger partial charge in [0.25, 0.3) is 0 Å². The van der Waals surface area contributed by atoms with Crippen LogP contribution in [0.4, 0.5) is 13.2 Å². The number of ether oxygens (including phenoxy) is 1. The Labute approximate surface area is 83.5 Å². The highest BCUT2D eigenvalue weighted by Crippen LogP contribution is 2.15. The first kappa shape index (κ1) is 11.9. The minimum absolute atomic E-state index is 0.239. The Kier molecular flexibility index (Phi) is 3.64. The molecule has 0 spiro atoms. The van der Waals surface area contributed by atoms with Crippen molar-refractivity contribution in [3.8, 4) is 0 Å². The third-order valence-corrected chi connectivity index (χ3v) is 1.69. The summed E-state index contributed by atoms with van der Waals surface area (Å²) in [6.45, 7) is -1.93. The van der Waals surface area contributed by atoms with Gasteiger partial charge in [0.15, 0.2) is 11.6 Å². The average molecular weight is 225 g/mol. The predicted molar refractivity (Wildman–Crippen MR) is 42.6 cm³/mol. The van der Waals surface area contributed by atoms with Crippen LogP contribution in [0.5, 0.6) is 0 Å². The van der Waals surface area contributed by atoms with Crippen LogP contribution in [0.15, 0.2) is 0 Å². The van der Waals surface area contributed by atoms with Crippen molar-refractivity contribution in [2.75, 3.05) is 6.61 Å². The zero-order chi connectivity index (χ0) is 11.5. The van der Waals surface area contributed by atoms with Crippen molar-refractivity contribution in [2.45, 2.75) is 19.4 Å². The molecule has 0 radical (unpaired) electrons. The molecule has 15 heavy (non-hydrogen) atoms. The summed E-state index contributed by atoms with van der Waals surface area (Å²) in [5.74, 6) is 0.518. The van der Waals surface area contributed by atoms with Crippen molar-refractivity contribution >= 4 is 0 Å². The molecule has 1 aromatic heterocycles. The van der Waals surface area contributed by atoms with Gasteiger partial charge in [-0.1, -0.05) is 0 Å². The van der Waals surface area contributed by atoms with Crippen LogP contribution in [0.3, 0.4) is 0 Å². The van der Waals surface area contributed by atoms with Gasteiger partial charge in [-0.3, -0.25) is 0 Å². The number of halogens is 3. The molecule has 0 amide bonds. The highest BCUT2D eigenvalue weighted by Gasteiger charge is 2.27. The molecule has 0 unspecified atom stereocenters. The van der Waals surface area contributed by atoms with Crippen LogP contribution in [0, 0.1) is 0 Å². The van der Waals surface area contributed by atoms with E-state index in [-0.39, 0.29) is 24.9 Å². The molecular formula is C7H10F3N3O2. The largest absolute Gasteiger partial charge is 0.411 e. The lowest BCUT2D eigenvalue weighted by atomic mass is 10.6. The molecule has 0 aromatic carbocycles. The summed E-state index contributed by atoms with van der Waals surface area (Å²) in [6, 6.07) is 0. The maximum atomic E-state index is 11.7. The Morgan fingerprint density at radius 3 is 2.40 bits per heavy atom. The molecule has 8 heteroatoms. The van der Waals surface area contributed by atoms with Gasteiger partial charge in [-0.15, -0.1) is 10.2 Å². The van der Waals surface area contributed by atoms with E-state index >= 15 is 0 Å². The molecule has 0 saturated carbocycles. The van der Waals surface area contributed by atoms with Gasteiger partial charge in [-0.2, -0.15) is 13.2 Å². The zero-order valence-electron chi connectivity index (χ0n) is 7.95. The van der Waals surface area contributed by atoms with E-state index in [4.69, 9.17) is 5.11 Å². The highest BCUT2D eigenvalue weighted by molar-refractivity contribution is 4.91. The second-order valence-corrected chi connectivity index (χ2v) is 2.86. The zero-order valence-corrected chi connectivity index (χ0v) is 7.95. The summed E-state index contributed by atoms with van der Waals surface area (Å²) in [6.07, 6.45) is -4.35. The smallest absolute Gasteiger partial charge is 0.388 e. The second-order valence-electron chi connectivity index (χ2n) is 2.86. The van der Waals surface area contributed by atoms with Crippen molar-refractivity contribution in [3.63, 3.8) is 0 Å². The Bertz CT molecular complexity index is 324. The molecule has 5 nitrogen and oxygen atoms in total. The Hall–Kier alpha value is -1.15. The summed E-state index contributed by atoms with van der Waals surface area (Å²) < 4.78 is 40.9. The summed E-state index contributed by atoms with van der Waals surface area (Å²) in [5.41, 5.74) is 0. The van der Waals surface area contributed by atoms with Crippen molar-refractivity contribution in [1.29, 1.82) is 0 Å². The Balaban J connectivity index is 2.48. The van der Waals surface area contributed by atoms with Gasteiger partial charge in [0, 0.05) is 7.05 Å². The van der Waals surface area contributed by atoms with E-state index in [1.54, 1.807) is 0 Å². The maximum Gasteiger partial charge on any atom is 0.411 e. The Morgan fingerprint density at radius 1 is 1.33 bits per heavy atom. The SMILES string of the molecule is Cn1c(CO)nnc1COCC(F)(F)F. The first-order valence-corrected chi connectivity index (χ1v) is 4.06. The molecule has 0 saturated heterocycles. The molecule has 0 bridgehead atoms. The van der Waals surface area contributed by atoms with Crippen LogP contribution in [0.25, 0.3) is 0 Å². The van der Waals surface area contributed by atoms with Crippen LogP contribution in [0.2, 0.25) is 0 Å². The molecule has 1 rings (SSSR count). The molecule has 86 valence electrons. The minimum atomic E-state index is -4.35. The molecule has 0 fully saturated rings. The van der Waals surface area contributed by atoms with Crippen LogP contribution in [0.1, 0.15) is 11.6 Å². The molecule has 0 atom stereocenters. The lowest BCUT2D eigenvalue weighted by Gasteiger charge is -2.07. The molecule has 1 N–H and O–H groups in total. The molecule has 0 aliphatic carbocycles. The normalized spacial score (nSPS) is 12.1. The van der Waals surface area contributed by atoms with Crippen molar-refractivity contribution in [3.05, 3.63) is 11.6 Å². The third kappa shape index (κ3) is 3.48. The fourth-order valence-electron chi connectivity index (χ4n) is 0.920. The van der Waals surface area contributed by atoms with Crippen molar-refractivity contribution in [2.24, 2.45) is 7.05 Å². The minimum Gasteiger partial charge on any atom is -0.388 e. The topological polar surface area (TPSA) is 60.2 Å². The monoisotopic (exact) mass is 225 g/mol. The number of hydrogen-bond donors (Lipinski definition) is 1. The van der Waals surface area contributed by atoms with Crippen LogP contribution < -0.4 is 0 Å².